The van der Waals surface area contributed by atoms with Gasteiger partial charge in [0.1, 0.15) is 0 Å². The zero-order valence-corrected chi connectivity index (χ0v) is 19.2. The van der Waals surface area contributed by atoms with Crippen molar-refractivity contribution in [2.24, 2.45) is 5.92 Å². The van der Waals surface area contributed by atoms with Crippen LogP contribution in [0.1, 0.15) is 132 Å². The predicted molar refractivity (Wildman–Crippen MR) is 116 cm³/mol. The average molecular weight is 371 g/mol. The topological polar surface area (TPSA) is 18.5 Å². The van der Waals surface area contributed by atoms with E-state index in [-0.39, 0.29) is 12.2 Å². The molecule has 0 aliphatic rings. The van der Waals surface area contributed by atoms with Crippen molar-refractivity contribution >= 4 is 0 Å². The van der Waals surface area contributed by atoms with Crippen LogP contribution in [0, 0.1) is 5.92 Å². The largest absolute Gasteiger partial charge is 0.347 e. The summed E-state index contributed by atoms with van der Waals surface area (Å²) in [5, 5.41) is 0. The summed E-state index contributed by atoms with van der Waals surface area (Å²) in [4.78, 5) is 0. The van der Waals surface area contributed by atoms with Crippen molar-refractivity contribution in [2.45, 2.75) is 150 Å². The van der Waals surface area contributed by atoms with Crippen LogP contribution in [0.2, 0.25) is 0 Å². The summed E-state index contributed by atoms with van der Waals surface area (Å²) < 4.78 is 13.2. The molecule has 0 fully saturated rings. The predicted octanol–water partition coefficient (Wildman–Crippen LogP) is 8.28. The third kappa shape index (κ3) is 11.6. The Bertz CT molecular complexity index is 289. The van der Waals surface area contributed by atoms with Gasteiger partial charge in [-0.3, -0.25) is 0 Å². The van der Waals surface area contributed by atoms with Crippen LogP contribution in [0.15, 0.2) is 0 Å². The van der Waals surface area contributed by atoms with Crippen molar-refractivity contribution < 1.29 is 9.47 Å². The second kappa shape index (κ2) is 15.9. The van der Waals surface area contributed by atoms with Gasteiger partial charge in [0.2, 0.25) is 0 Å². The van der Waals surface area contributed by atoms with Gasteiger partial charge in [-0.2, -0.15) is 0 Å². The Morgan fingerprint density at radius 2 is 1.04 bits per heavy atom. The second-order valence-electron chi connectivity index (χ2n) is 8.64. The molecular weight excluding hydrogens is 320 g/mol. The first kappa shape index (κ1) is 25.9. The lowest BCUT2D eigenvalue weighted by Crippen LogP contribution is -2.47. The molecule has 1 atom stereocenters. The van der Waals surface area contributed by atoms with Crippen LogP contribution in [-0.2, 0) is 9.47 Å². The third-order valence-corrected chi connectivity index (χ3v) is 5.18. The lowest BCUT2D eigenvalue weighted by atomic mass is 9.84. The lowest BCUT2D eigenvalue weighted by molar-refractivity contribution is -0.302. The highest BCUT2D eigenvalue weighted by Gasteiger charge is 2.41. The molecule has 0 amide bonds. The van der Waals surface area contributed by atoms with Gasteiger partial charge in [-0.1, -0.05) is 78.6 Å². The Kier molecular flexibility index (Phi) is 15.9. The van der Waals surface area contributed by atoms with Crippen LogP contribution in [-0.4, -0.2) is 18.0 Å². The first-order chi connectivity index (χ1) is 12.4. The van der Waals surface area contributed by atoms with E-state index in [0.717, 1.165) is 6.42 Å². The first-order valence-electron chi connectivity index (χ1n) is 11.8. The first-order valence-corrected chi connectivity index (χ1v) is 11.8. The van der Waals surface area contributed by atoms with Crippen molar-refractivity contribution in [3.63, 3.8) is 0 Å². The zero-order valence-electron chi connectivity index (χ0n) is 19.2. The molecule has 1 unspecified atom stereocenters. The summed E-state index contributed by atoms with van der Waals surface area (Å²) in [6.45, 7) is 15.5. The number of unbranched alkanes of at least 4 members (excludes halogenated alkanes) is 7. The van der Waals surface area contributed by atoms with Crippen LogP contribution in [0.4, 0.5) is 0 Å². The minimum absolute atomic E-state index is 0.208. The van der Waals surface area contributed by atoms with Crippen molar-refractivity contribution in [3.8, 4) is 0 Å². The fourth-order valence-electron chi connectivity index (χ4n) is 3.97. The smallest absolute Gasteiger partial charge is 0.171 e. The summed E-state index contributed by atoms with van der Waals surface area (Å²) in [5.74, 6) is 0.127. The van der Waals surface area contributed by atoms with Gasteiger partial charge in [0.05, 0.1) is 12.2 Å². The van der Waals surface area contributed by atoms with Gasteiger partial charge in [-0.05, 0) is 47.0 Å². The second-order valence-corrected chi connectivity index (χ2v) is 8.64. The van der Waals surface area contributed by atoms with Gasteiger partial charge >= 0.3 is 0 Å². The fourth-order valence-corrected chi connectivity index (χ4v) is 3.97. The Morgan fingerprint density at radius 3 is 1.54 bits per heavy atom. The number of rotatable bonds is 18. The molecular formula is C24H50O2. The average Bonchev–Trinajstić information content (AvgIpc) is 2.57. The summed E-state index contributed by atoms with van der Waals surface area (Å²) in [6, 6.07) is 0. The SMILES string of the molecule is CCCCCCCCC(CCCC)C(CCCC)(OC(C)C)OC(C)C. The van der Waals surface area contributed by atoms with Crippen LogP contribution in [0.3, 0.4) is 0 Å². The minimum Gasteiger partial charge on any atom is -0.347 e. The van der Waals surface area contributed by atoms with Crippen molar-refractivity contribution in [1.82, 2.24) is 0 Å². The molecule has 0 aromatic carbocycles. The van der Waals surface area contributed by atoms with E-state index in [4.69, 9.17) is 9.47 Å². The van der Waals surface area contributed by atoms with E-state index in [1.54, 1.807) is 0 Å². The maximum absolute atomic E-state index is 6.58. The van der Waals surface area contributed by atoms with Crippen LogP contribution >= 0.6 is 0 Å². The number of hydrogen-bond acceptors (Lipinski definition) is 2. The zero-order chi connectivity index (χ0) is 19.8. The van der Waals surface area contributed by atoms with Crippen molar-refractivity contribution in [1.29, 1.82) is 0 Å². The molecule has 0 aromatic heterocycles. The summed E-state index contributed by atoms with van der Waals surface area (Å²) >= 11 is 0. The van der Waals surface area contributed by atoms with Gasteiger partial charge in [-0.15, -0.1) is 0 Å². The highest BCUT2D eigenvalue weighted by atomic mass is 16.7. The standard InChI is InChI=1S/C24H50O2/c1-8-11-14-15-16-17-19-23(18-12-9-2)24(20-13-10-3,25-21(4)5)26-22(6)7/h21-23H,8-20H2,1-7H3. The Hall–Kier alpha value is -0.0800. The quantitative estimate of drug-likeness (QED) is 0.178. The Labute approximate surface area is 165 Å². The molecule has 0 radical (unpaired) electrons. The summed E-state index contributed by atoms with van der Waals surface area (Å²) in [7, 11) is 0. The maximum Gasteiger partial charge on any atom is 0.171 e. The highest BCUT2D eigenvalue weighted by molar-refractivity contribution is 4.82. The molecule has 0 aromatic rings. The van der Waals surface area contributed by atoms with Gasteiger partial charge in [0.25, 0.3) is 0 Å². The van der Waals surface area contributed by atoms with E-state index < -0.39 is 5.79 Å². The minimum atomic E-state index is -0.392. The number of hydrogen-bond donors (Lipinski definition) is 0. The molecule has 26 heavy (non-hydrogen) atoms. The molecule has 0 aliphatic heterocycles. The van der Waals surface area contributed by atoms with E-state index in [2.05, 4.69) is 48.5 Å². The molecule has 158 valence electrons. The van der Waals surface area contributed by atoms with Crippen LogP contribution in [0.25, 0.3) is 0 Å². The van der Waals surface area contributed by atoms with E-state index in [0.29, 0.717) is 5.92 Å². The van der Waals surface area contributed by atoms with Gasteiger partial charge < -0.3 is 9.47 Å². The molecule has 0 saturated heterocycles. The van der Waals surface area contributed by atoms with E-state index >= 15 is 0 Å². The van der Waals surface area contributed by atoms with Gasteiger partial charge in [-0.25, -0.2) is 0 Å². The summed E-state index contributed by atoms with van der Waals surface area (Å²) in [5.41, 5.74) is 0. The normalized spacial score (nSPS) is 13.7. The Morgan fingerprint density at radius 1 is 0.577 bits per heavy atom. The van der Waals surface area contributed by atoms with Crippen molar-refractivity contribution in [3.05, 3.63) is 0 Å². The molecule has 0 rings (SSSR count). The van der Waals surface area contributed by atoms with E-state index in [9.17, 15) is 0 Å². The molecule has 0 saturated carbocycles. The van der Waals surface area contributed by atoms with Crippen molar-refractivity contribution in [2.75, 3.05) is 0 Å². The summed E-state index contributed by atoms with van der Waals surface area (Å²) in [6.07, 6.45) is 17.0. The van der Waals surface area contributed by atoms with Gasteiger partial charge in [0, 0.05) is 12.3 Å². The molecule has 0 bridgehead atoms. The maximum atomic E-state index is 6.58. The van der Waals surface area contributed by atoms with Gasteiger partial charge in [0.15, 0.2) is 5.79 Å². The Balaban J connectivity index is 5.12. The fraction of sp³-hybridized carbons (Fsp3) is 1.00. The molecule has 0 heterocycles. The van der Waals surface area contributed by atoms with Crippen LogP contribution < -0.4 is 0 Å². The molecule has 2 heteroatoms. The highest BCUT2D eigenvalue weighted by Crippen LogP contribution is 2.38. The molecule has 0 spiro atoms. The number of ether oxygens (including phenoxy) is 2. The molecule has 0 N–H and O–H groups in total. The van der Waals surface area contributed by atoms with E-state index in [1.165, 1.54) is 77.0 Å². The molecule has 2 nitrogen and oxygen atoms in total. The molecule has 0 aliphatic carbocycles. The monoisotopic (exact) mass is 370 g/mol. The van der Waals surface area contributed by atoms with E-state index in [1.807, 2.05) is 0 Å². The third-order valence-electron chi connectivity index (χ3n) is 5.18. The lowest BCUT2D eigenvalue weighted by Gasteiger charge is -2.43. The van der Waals surface area contributed by atoms with Crippen LogP contribution in [0.5, 0.6) is 0 Å².